The predicted molar refractivity (Wildman–Crippen MR) is 99.5 cm³/mol. The molecule has 2 aromatic rings. The summed E-state index contributed by atoms with van der Waals surface area (Å²) in [5.41, 5.74) is 2.67. The fourth-order valence-electron chi connectivity index (χ4n) is 2.98. The van der Waals surface area contributed by atoms with Crippen molar-refractivity contribution in [2.24, 2.45) is 0 Å². The van der Waals surface area contributed by atoms with Crippen molar-refractivity contribution in [3.8, 4) is 5.75 Å². The van der Waals surface area contributed by atoms with Crippen molar-refractivity contribution in [2.45, 2.75) is 18.6 Å². The Morgan fingerprint density at radius 2 is 1.96 bits per heavy atom. The molecule has 0 bridgehead atoms. The molecular weight excluding hydrogens is 337 g/mol. The predicted octanol–water partition coefficient (Wildman–Crippen LogP) is 4.22. The zero-order valence-corrected chi connectivity index (χ0v) is 15.1. The number of rotatable bonds is 4. The van der Waals surface area contributed by atoms with E-state index in [9.17, 15) is 9.18 Å². The number of hydrogen-bond donors (Lipinski definition) is 0. The molecule has 25 heavy (non-hydrogen) atoms. The van der Waals surface area contributed by atoms with Crippen LogP contribution in [0.25, 0.3) is 0 Å². The van der Waals surface area contributed by atoms with Gasteiger partial charge in [-0.3, -0.25) is 4.79 Å². The highest BCUT2D eigenvalue weighted by Crippen LogP contribution is 2.35. The highest BCUT2D eigenvalue weighted by Gasteiger charge is 2.23. The van der Waals surface area contributed by atoms with Crippen LogP contribution in [0.3, 0.4) is 0 Å². The summed E-state index contributed by atoms with van der Waals surface area (Å²) < 4.78 is 18.4. The molecule has 3 nitrogen and oxygen atoms in total. The summed E-state index contributed by atoms with van der Waals surface area (Å²) in [5, 5.41) is 0.428. The van der Waals surface area contributed by atoms with E-state index in [1.165, 1.54) is 35.4 Å². The number of hydrogen-bond acceptors (Lipinski definition) is 3. The standard InChI is InChI=1S/C20H22FNO2S/c1-15-4-2-3-5-18(15)19-10-11-22(12-13-25-19)20(23)14-24-17-8-6-16(21)7-9-17/h2-9,19H,10-14H2,1H3/t19-/m0/s1. The fraction of sp³-hybridized carbons (Fsp3) is 0.350. The third-order valence-electron chi connectivity index (χ3n) is 4.41. The first-order valence-electron chi connectivity index (χ1n) is 8.47. The van der Waals surface area contributed by atoms with Crippen molar-refractivity contribution in [2.75, 3.05) is 25.4 Å². The van der Waals surface area contributed by atoms with E-state index in [0.717, 1.165) is 25.3 Å². The maximum atomic E-state index is 12.9. The molecule has 1 fully saturated rings. The highest BCUT2D eigenvalue weighted by molar-refractivity contribution is 7.99. The normalized spacial score (nSPS) is 17.8. The van der Waals surface area contributed by atoms with Crippen LogP contribution in [-0.2, 0) is 4.79 Å². The average Bonchev–Trinajstić information content (AvgIpc) is 2.87. The molecule has 0 unspecified atom stereocenters. The van der Waals surface area contributed by atoms with Crippen molar-refractivity contribution < 1.29 is 13.9 Å². The summed E-state index contributed by atoms with van der Waals surface area (Å²) in [4.78, 5) is 14.3. The van der Waals surface area contributed by atoms with Crippen LogP contribution >= 0.6 is 11.8 Å². The third kappa shape index (κ3) is 4.75. The number of benzene rings is 2. The van der Waals surface area contributed by atoms with Gasteiger partial charge >= 0.3 is 0 Å². The lowest BCUT2D eigenvalue weighted by Crippen LogP contribution is -2.36. The molecule has 0 radical (unpaired) electrons. The van der Waals surface area contributed by atoms with Gasteiger partial charge in [-0.15, -0.1) is 0 Å². The molecule has 1 aliphatic heterocycles. The molecule has 1 aliphatic rings. The Balaban J connectivity index is 1.54. The lowest BCUT2D eigenvalue weighted by molar-refractivity contribution is -0.133. The summed E-state index contributed by atoms with van der Waals surface area (Å²) in [6.45, 7) is 3.60. The van der Waals surface area contributed by atoms with Gasteiger partial charge in [-0.25, -0.2) is 4.39 Å². The van der Waals surface area contributed by atoms with Gasteiger partial charge in [0.05, 0.1) is 0 Å². The molecule has 0 aromatic heterocycles. The van der Waals surface area contributed by atoms with Crippen molar-refractivity contribution in [1.29, 1.82) is 0 Å². The average molecular weight is 359 g/mol. The number of ether oxygens (including phenoxy) is 1. The van der Waals surface area contributed by atoms with Gasteiger partial charge in [0, 0.05) is 24.1 Å². The number of halogens is 1. The van der Waals surface area contributed by atoms with Gasteiger partial charge in [0.1, 0.15) is 11.6 Å². The molecule has 1 heterocycles. The number of nitrogens with zero attached hydrogens (tertiary/aromatic N) is 1. The lowest BCUT2D eigenvalue weighted by Gasteiger charge is -2.20. The first-order chi connectivity index (χ1) is 12.1. The van der Waals surface area contributed by atoms with Crippen molar-refractivity contribution in [1.82, 2.24) is 4.90 Å². The van der Waals surface area contributed by atoms with Gasteiger partial charge in [-0.2, -0.15) is 11.8 Å². The molecule has 5 heteroatoms. The second-order valence-electron chi connectivity index (χ2n) is 6.13. The second-order valence-corrected chi connectivity index (χ2v) is 7.44. The van der Waals surface area contributed by atoms with E-state index < -0.39 is 0 Å². The number of thioether (sulfide) groups is 1. The summed E-state index contributed by atoms with van der Waals surface area (Å²) in [5.74, 6) is 1.10. The van der Waals surface area contributed by atoms with Crippen LogP contribution in [-0.4, -0.2) is 36.3 Å². The quantitative estimate of drug-likeness (QED) is 0.819. The molecule has 132 valence electrons. The van der Waals surface area contributed by atoms with Gasteiger partial charge in [0.25, 0.3) is 5.91 Å². The minimum Gasteiger partial charge on any atom is -0.484 e. The lowest BCUT2D eigenvalue weighted by atomic mass is 10.0. The van der Waals surface area contributed by atoms with Crippen LogP contribution in [0.1, 0.15) is 22.8 Å². The number of aryl methyl sites for hydroxylation is 1. The summed E-state index contributed by atoms with van der Waals surface area (Å²) in [6, 6.07) is 14.2. The van der Waals surface area contributed by atoms with E-state index in [2.05, 4.69) is 31.2 Å². The largest absolute Gasteiger partial charge is 0.484 e. The molecular formula is C20H22FNO2S. The van der Waals surface area contributed by atoms with Gasteiger partial charge in [0.2, 0.25) is 0 Å². The minimum atomic E-state index is -0.314. The van der Waals surface area contributed by atoms with Crippen LogP contribution < -0.4 is 4.74 Å². The minimum absolute atomic E-state index is 0.00860. The van der Waals surface area contributed by atoms with Gasteiger partial charge in [0.15, 0.2) is 6.61 Å². The van der Waals surface area contributed by atoms with Crippen LogP contribution in [0.5, 0.6) is 5.75 Å². The molecule has 1 atom stereocenters. The maximum Gasteiger partial charge on any atom is 0.260 e. The Bertz CT molecular complexity index is 720. The number of carbonyl (C=O) groups is 1. The maximum absolute atomic E-state index is 12.9. The Morgan fingerprint density at radius 3 is 2.72 bits per heavy atom. The first kappa shape index (κ1) is 17.8. The van der Waals surface area contributed by atoms with Crippen molar-refractivity contribution >= 4 is 17.7 Å². The molecule has 1 saturated heterocycles. The van der Waals surface area contributed by atoms with Crippen LogP contribution in [0, 0.1) is 12.7 Å². The van der Waals surface area contributed by atoms with Crippen molar-refractivity contribution in [3.63, 3.8) is 0 Å². The van der Waals surface area contributed by atoms with E-state index in [1.54, 1.807) is 0 Å². The van der Waals surface area contributed by atoms with E-state index in [1.807, 2.05) is 16.7 Å². The topological polar surface area (TPSA) is 29.5 Å². The number of carbonyl (C=O) groups excluding carboxylic acids is 1. The van der Waals surface area contributed by atoms with E-state index >= 15 is 0 Å². The SMILES string of the molecule is Cc1ccccc1[C@@H]1CCN(C(=O)COc2ccc(F)cc2)CCS1. The molecule has 0 aliphatic carbocycles. The highest BCUT2D eigenvalue weighted by atomic mass is 32.2. The molecule has 0 saturated carbocycles. The zero-order chi connectivity index (χ0) is 17.6. The fourth-order valence-corrected chi connectivity index (χ4v) is 4.31. The van der Waals surface area contributed by atoms with Gasteiger partial charge in [-0.05, 0) is 48.7 Å². The molecule has 2 aromatic carbocycles. The van der Waals surface area contributed by atoms with Crippen molar-refractivity contribution in [3.05, 3.63) is 65.5 Å². The molecule has 3 rings (SSSR count). The second kappa shape index (κ2) is 8.39. The van der Waals surface area contributed by atoms with E-state index in [0.29, 0.717) is 11.0 Å². The van der Waals surface area contributed by atoms with Crippen LogP contribution in [0.2, 0.25) is 0 Å². The smallest absolute Gasteiger partial charge is 0.260 e. The van der Waals surface area contributed by atoms with Gasteiger partial charge in [-0.1, -0.05) is 24.3 Å². The third-order valence-corrected chi connectivity index (χ3v) is 5.72. The molecule has 0 spiro atoms. The van der Waals surface area contributed by atoms with Gasteiger partial charge < -0.3 is 9.64 Å². The van der Waals surface area contributed by atoms with Crippen LogP contribution in [0.4, 0.5) is 4.39 Å². The summed E-state index contributed by atoms with van der Waals surface area (Å²) in [6.07, 6.45) is 0.942. The van der Waals surface area contributed by atoms with E-state index in [4.69, 9.17) is 4.74 Å². The first-order valence-corrected chi connectivity index (χ1v) is 9.51. The Hall–Kier alpha value is -2.01. The molecule has 0 N–H and O–H groups in total. The zero-order valence-electron chi connectivity index (χ0n) is 14.3. The Labute approximate surface area is 152 Å². The summed E-state index contributed by atoms with van der Waals surface area (Å²) >= 11 is 1.91. The van der Waals surface area contributed by atoms with E-state index in [-0.39, 0.29) is 18.3 Å². The molecule has 1 amide bonds. The Morgan fingerprint density at radius 1 is 1.20 bits per heavy atom. The monoisotopic (exact) mass is 359 g/mol. The Kier molecular flexibility index (Phi) is 5.97. The summed E-state index contributed by atoms with van der Waals surface area (Å²) in [7, 11) is 0. The number of amides is 1. The van der Waals surface area contributed by atoms with Crippen LogP contribution in [0.15, 0.2) is 48.5 Å².